The molecule has 0 atom stereocenters. The van der Waals surface area contributed by atoms with E-state index < -0.39 is 0 Å². The van der Waals surface area contributed by atoms with Gasteiger partial charge in [-0.1, -0.05) is 0 Å². The first kappa shape index (κ1) is 7.25. The molecule has 0 unspecified atom stereocenters. The van der Waals surface area contributed by atoms with Crippen LogP contribution in [0.15, 0.2) is 22.9 Å². The Hall–Kier alpha value is -0.410. The second-order valence-electron chi connectivity index (χ2n) is 2.67. The number of halogens is 1. The van der Waals surface area contributed by atoms with Crippen LogP contribution in [0.3, 0.4) is 0 Å². The van der Waals surface area contributed by atoms with Crippen LogP contribution < -0.4 is 0 Å². The first-order chi connectivity index (χ1) is 5.36. The molecule has 0 saturated carbocycles. The van der Waals surface area contributed by atoms with Crippen LogP contribution >= 0.6 is 15.9 Å². The lowest BCUT2D eigenvalue weighted by Crippen LogP contribution is -2.25. The highest BCUT2D eigenvalue weighted by atomic mass is 79.9. The standard InChI is InChI=1S/C8H8BrNO/c9-8-1-6(2-10-3-8)7-4-11-5-7/h1-3,7H,4-5H2. The zero-order valence-electron chi connectivity index (χ0n) is 5.96. The lowest BCUT2D eigenvalue weighted by atomic mass is 10.00. The fraction of sp³-hybridized carbons (Fsp3) is 0.375. The predicted octanol–water partition coefficient (Wildman–Crippen LogP) is 1.96. The molecule has 2 rings (SSSR count). The third kappa shape index (κ3) is 1.44. The van der Waals surface area contributed by atoms with E-state index in [4.69, 9.17) is 4.74 Å². The van der Waals surface area contributed by atoms with E-state index in [0.717, 1.165) is 17.7 Å². The number of hydrogen-bond acceptors (Lipinski definition) is 2. The van der Waals surface area contributed by atoms with Gasteiger partial charge in [0.05, 0.1) is 13.2 Å². The molecule has 0 amide bonds. The molecule has 58 valence electrons. The maximum Gasteiger partial charge on any atom is 0.0557 e. The van der Waals surface area contributed by atoms with E-state index in [1.807, 2.05) is 6.20 Å². The zero-order chi connectivity index (χ0) is 7.68. The van der Waals surface area contributed by atoms with Crippen molar-refractivity contribution in [2.45, 2.75) is 5.92 Å². The summed E-state index contributed by atoms with van der Waals surface area (Å²) in [6, 6.07) is 2.10. The third-order valence-corrected chi connectivity index (χ3v) is 2.27. The van der Waals surface area contributed by atoms with Gasteiger partial charge in [-0.25, -0.2) is 0 Å². The van der Waals surface area contributed by atoms with Crippen molar-refractivity contribution in [2.24, 2.45) is 0 Å². The van der Waals surface area contributed by atoms with Crippen LogP contribution in [0.5, 0.6) is 0 Å². The van der Waals surface area contributed by atoms with Crippen molar-refractivity contribution in [3.8, 4) is 0 Å². The van der Waals surface area contributed by atoms with Crippen LogP contribution in [0, 0.1) is 0 Å². The fourth-order valence-electron chi connectivity index (χ4n) is 1.08. The molecule has 1 saturated heterocycles. The summed E-state index contributed by atoms with van der Waals surface area (Å²) in [5.41, 5.74) is 1.27. The summed E-state index contributed by atoms with van der Waals surface area (Å²) in [6.45, 7) is 1.69. The van der Waals surface area contributed by atoms with Gasteiger partial charge in [-0.3, -0.25) is 4.98 Å². The molecule has 3 heteroatoms. The van der Waals surface area contributed by atoms with Gasteiger partial charge < -0.3 is 4.74 Å². The molecular weight excluding hydrogens is 206 g/mol. The van der Waals surface area contributed by atoms with Gasteiger partial charge in [-0.2, -0.15) is 0 Å². The van der Waals surface area contributed by atoms with Gasteiger partial charge in [0, 0.05) is 22.8 Å². The van der Waals surface area contributed by atoms with E-state index in [0.29, 0.717) is 5.92 Å². The maximum atomic E-state index is 5.09. The number of pyridine rings is 1. The highest BCUT2D eigenvalue weighted by molar-refractivity contribution is 9.10. The molecule has 1 aromatic rings. The van der Waals surface area contributed by atoms with E-state index in [9.17, 15) is 0 Å². The zero-order valence-corrected chi connectivity index (χ0v) is 7.54. The molecule has 1 aliphatic heterocycles. The monoisotopic (exact) mass is 213 g/mol. The Morgan fingerprint density at radius 3 is 2.82 bits per heavy atom. The van der Waals surface area contributed by atoms with Gasteiger partial charge in [0.2, 0.25) is 0 Å². The van der Waals surface area contributed by atoms with Crippen LogP contribution in [0.2, 0.25) is 0 Å². The molecule has 0 aromatic carbocycles. The summed E-state index contributed by atoms with van der Waals surface area (Å²) >= 11 is 3.38. The number of aromatic nitrogens is 1. The van der Waals surface area contributed by atoms with E-state index in [1.54, 1.807) is 6.20 Å². The molecular formula is C8H8BrNO. The van der Waals surface area contributed by atoms with Gasteiger partial charge in [0.1, 0.15) is 0 Å². The van der Waals surface area contributed by atoms with Crippen molar-refractivity contribution in [1.29, 1.82) is 0 Å². The average molecular weight is 214 g/mol. The minimum absolute atomic E-state index is 0.569. The van der Waals surface area contributed by atoms with Crippen LogP contribution in [-0.2, 0) is 4.74 Å². The summed E-state index contributed by atoms with van der Waals surface area (Å²) in [4.78, 5) is 4.08. The maximum absolute atomic E-state index is 5.09. The van der Waals surface area contributed by atoms with Gasteiger partial charge in [-0.05, 0) is 27.6 Å². The molecule has 1 aliphatic rings. The Balaban J connectivity index is 2.23. The van der Waals surface area contributed by atoms with Crippen molar-refractivity contribution in [2.75, 3.05) is 13.2 Å². The molecule has 0 spiro atoms. The molecule has 0 N–H and O–H groups in total. The summed E-state index contributed by atoms with van der Waals surface area (Å²) in [7, 11) is 0. The molecule has 1 fully saturated rings. The Kier molecular flexibility index (Phi) is 1.92. The first-order valence-electron chi connectivity index (χ1n) is 3.54. The number of hydrogen-bond donors (Lipinski definition) is 0. The molecule has 0 aliphatic carbocycles. The quantitative estimate of drug-likeness (QED) is 0.712. The minimum Gasteiger partial charge on any atom is -0.380 e. The Labute approximate surface area is 73.7 Å². The fourth-order valence-corrected chi connectivity index (χ4v) is 1.46. The second kappa shape index (κ2) is 2.91. The van der Waals surface area contributed by atoms with E-state index in [-0.39, 0.29) is 0 Å². The Bertz CT molecular complexity index is 260. The summed E-state index contributed by atoms with van der Waals surface area (Å²) in [5, 5.41) is 0. The van der Waals surface area contributed by atoms with E-state index in [1.165, 1.54) is 5.56 Å². The highest BCUT2D eigenvalue weighted by Crippen LogP contribution is 2.24. The lowest BCUT2D eigenvalue weighted by molar-refractivity contribution is 0.00827. The van der Waals surface area contributed by atoms with Gasteiger partial charge in [0.25, 0.3) is 0 Å². The van der Waals surface area contributed by atoms with Crippen molar-refractivity contribution in [3.05, 3.63) is 28.5 Å². The highest BCUT2D eigenvalue weighted by Gasteiger charge is 2.20. The predicted molar refractivity (Wildman–Crippen MR) is 45.5 cm³/mol. The van der Waals surface area contributed by atoms with E-state index in [2.05, 4.69) is 27.0 Å². The Morgan fingerprint density at radius 2 is 2.27 bits per heavy atom. The SMILES string of the molecule is Brc1cncc(C2COC2)c1. The van der Waals surface area contributed by atoms with Crippen LogP contribution in [0.4, 0.5) is 0 Å². The lowest BCUT2D eigenvalue weighted by Gasteiger charge is -2.25. The number of rotatable bonds is 1. The first-order valence-corrected chi connectivity index (χ1v) is 4.34. The number of nitrogens with zero attached hydrogens (tertiary/aromatic N) is 1. The normalized spacial score (nSPS) is 17.9. The van der Waals surface area contributed by atoms with Crippen molar-refractivity contribution < 1.29 is 4.74 Å². The van der Waals surface area contributed by atoms with Crippen LogP contribution in [0.25, 0.3) is 0 Å². The van der Waals surface area contributed by atoms with Crippen LogP contribution in [-0.4, -0.2) is 18.2 Å². The van der Waals surface area contributed by atoms with Gasteiger partial charge >= 0.3 is 0 Å². The van der Waals surface area contributed by atoms with Gasteiger partial charge in [-0.15, -0.1) is 0 Å². The van der Waals surface area contributed by atoms with Crippen molar-refractivity contribution >= 4 is 15.9 Å². The third-order valence-electron chi connectivity index (χ3n) is 1.84. The van der Waals surface area contributed by atoms with Crippen LogP contribution in [0.1, 0.15) is 11.5 Å². The van der Waals surface area contributed by atoms with E-state index >= 15 is 0 Å². The molecule has 0 radical (unpaired) electrons. The summed E-state index contributed by atoms with van der Waals surface area (Å²) < 4.78 is 6.13. The number of ether oxygens (including phenoxy) is 1. The molecule has 11 heavy (non-hydrogen) atoms. The topological polar surface area (TPSA) is 22.1 Å². The smallest absolute Gasteiger partial charge is 0.0557 e. The Morgan fingerprint density at radius 1 is 1.45 bits per heavy atom. The summed E-state index contributed by atoms with van der Waals surface area (Å²) in [6.07, 6.45) is 3.70. The molecule has 2 heterocycles. The van der Waals surface area contributed by atoms with Crippen molar-refractivity contribution in [3.63, 3.8) is 0 Å². The molecule has 1 aromatic heterocycles. The molecule has 0 bridgehead atoms. The largest absolute Gasteiger partial charge is 0.380 e. The molecule has 2 nitrogen and oxygen atoms in total. The van der Waals surface area contributed by atoms with Gasteiger partial charge in [0.15, 0.2) is 0 Å². The van der Waals surface area contributed by atoms with Crippen molar-refractivity contribution in [1.82, 2.24) is 4.98 Å². The second-order valence-corrected chi connectivity index (χ2v) is 3.59. The average Bonchev–Trinajstić information content (AvgIpc) is 1.83. The summed E-state index contributed by atoms with van der Waals surface area (Å²) in [5.74, 6) is 0.569. The minimum atomic E-state index is 0.569.